The van der Waals surface area contributed by atoms with Gasteiger partial charge in [-0.1, -0.05) is 54.2 Å². The zero-order chi connectivity index (χ0) is 19.5. The van der Waals surface area contributed by atoms with Gasteiger partial charge in [0.15, 0.2) is 10.8 Å². The number of aryl methyl sites for hydroxylation is 2. The smallest absolute Gasteiger partial charge is 0.242 e. The number of thioether (sulfide) groups is 1. The van der Waals surface area contributed by atoms with E-state index < -0.39 is 5.25 Å². The Morgan fingerprint density at radius 2 is 1.68 bits per heavy atom. The lowest BCUT2D eigenvalue weighted by atomic mass is 10.1. The van der Waals surface area contributed by atoms with Gasteiger partial charge in [0.2, 0.25) is 5.91 Å². The molecule has 140 valence electrons. The molecule has 0 saturated carbocycles. The summed E-state index contributed by atoms with van der Waals surface area (Å²) in [5.74, 6) is -0.0890. The van der Waals surface area contributed by atoms with Crippen LogP contribution in [-0.2, 0) is 4.79 Å². The average molecular weight is 388 g/mol. The molecule has 1 atom stereocenters. The van der Waals surface area contributed by atoms with Gasteiger partial charge in [0, 0.05) is 11.9 Å². The summed E-state index contributed by atoms with van der Waals surface area (Å²) in [5, 5.41) is 11.8. The van der Waals surface area contributed by atoms with Crippen molar-refractivity contribution in [2.45, 2.75) is 24.3 Å². The molecule has 0 aliphatic carbocycles. The van der Waals surface area contributed by atoms with Crippen LogP contribution in [0.4, 0.5) is 5.69 Å². The van der Waals surface area contributed by atoms with E-state index >= 15 is 0 Å². The Morgan fingerprint density at radius 3 is 2.43 bits per heavy atom. The molecule has 1 N–H and O–H groups in total. The molecule has 0 bridgehead atoms. The highest BCUT2D eigenvalue weighted by Gasteiger charge is 2.24. The van der Waals surface area contributed by atoms with E-state index in [1.165, 1.54) is 11.8 Å². The molecule has 28 heavy (non-hydrogen) atoms. The lowest BCUT2D eigenvalue weighted by Crippen LogP contribution is -2.19. The Morgan fingerprint density at radius 1 is 0.964 bits per heavy atom. The largest absolute Gasteiger partial charge is 0.325 e. The molecule has 0 unspecified atom stereocenters. The third-order valence-corrected chi connectivity index (χ3v) is 5.55. The number of carbonyl (C=O) groups is 1. The Kier molecular flexibility index (Phi) is 5.12. The van der Waals surface area contributed by atoms with E-state index in [1.807, 2.05) is 85.1 Å². The fourth-order valence-corrected chi connectivity index (χ4v) is 4.19. The number of carbonyl (C=O) groups excluding carboxylic acids is 1. The molecule has 0 aliphatic rings. The van der Waals surface area contributed by atoms with Crippen molar-refractivity contribution >= 4 is 29.0 Å². The first-order chi connectivity index (χ1) is 13.6. The van der Waals surface area contributed by atoms with Gasteiger partial charge in [0.1, 0.15) is 5.25 Å². The number of nitrogens with one attached hydrogen (secondary N) is 1. The molecule has 0 aliphatic heterocycles. The molecule has 0 spiro atoms. The number of fused-ring (bicyclic) bond motifs is 1. The first-order valence-corrected chi connectivity index (χ1v) is 9.88. The predicted molar refractivity (Wildman–Crippen MR) is 113 cm³/mol. The number of pyridine rings is 1. The van der Waals surface area contributed by atoms with Crippen LogP contribution in [0.25, 0.3) is 5.65 Å². The Hall–Kier alpha value is -3.12. The zero-order valence-corrected chi connectivity index (χ0v) is 16.5. The van der Waals surface area contributed by atoms with Gasteiger partial charge in [-0.3, -0.25) is 9.20 Å². The van der Waals surface area contributed by atoms with Crippen molar-refractivity contribution < 1.29 is 4.79 Å². The molecule has 2 aromatic heterocycles. The number of nitrogens with zero attached hydrogens (tertiary/aromatic N) is 3. The first-order valence-electron chi connectivity index (χ1n) is 9.01. The second-order valence-electron chi connectivity index (χ2n) is 6.69. The summed E-state index contributed by atoms with van der Waals surface area (Å²) in [6.45, 7) is 4.04. The van der Waals surface area contributed by atoms with Crippen LogP contribution in [0.2, 0.25) is 0 Å². The van der Waals surface area contributed by atoms with Gasteiger partial charge in [0.25, 0.3) is 0 Å². The van der Waals surface area contributed by atoms with Crippen LogP contribution in [0.3, 0.4) is 0 Å². The maximum absolute atomic E-state index is 13.2. The summed E-state index contributed by atoms with van der Waals surface area (Å²) >= 11 is 1.39. The van der Waals surface area contributed by atoms with Crippen molar-refractivity contribution in [3.05, 3.63) is 89.6 Å². The van der Waals surface area contributed by atoms with Crippen LogP contribution in [0.15, 0.2) is 78.1 Å². The Labute approximate surface area is 167 Å². The predicted octanol–water partition coefficient (Wildman–Crippen LogP) is 4.82. The summed E-state index contributed by atoms with van der Waals surface area (Å²) in [5.41, 5.74) is 4.70. The van der Waals surface area contributed by atoms with E-state index in [0.29, 0.717) is 5.16 Å². The molecule has 1 amide bonds. The minimum Gasteiger partial charge on any atom is -0.325 e. The molecule has 4 aromatic rings. The van der Waals surface area contributed by atoms with Gasteiger partial charge in [-0.25, -0.2) is 0 Å². The van der Waals surface area contributed by atoms with E-state index in [9.17, 15) is 4.79 Å². The third kappa shape index (κ3) is 3.92. The monoisotopic (exact) mass is 388 g/mol. The highest BCUT2D eigenvalue weighted by molar-refractivity contribution is 8.00. The normalized spacial score (nSPS) is 12.1. The molecule has 0 radical (unpaired) electrons. The lowest BCUT2D eigenvalue weighted by Gasteiger charge is -2.16. The topological polar surface area (TPSA) is 59.3 Å². The van der Waals surface area contributed by atoms with Crippen LogP contribution < -0.4 is 5.32 Å². The van der Waals surface area contributed by atoms with Crippen LogP contribution in [0.1, 0.15) is 21.9 Å². The Bertz CT molecular complexity index is 1100. The molecule has 2 heterocycles. The van der Waals surface area contributed by atoms with Crippen molar-refractivity contribution in [1.29, 1.82) is 0 Å². The van der Waals surface area contributed by atoms with Crippen LogP contribution in [-0.4, -0.2) is 20.5 Å². The minimum atomic E-state index is -0.449. The number of benzene rings is 2. The summed E-state index contributed by atoms with van der Waals surface area (Å²) in [6, 6.07) is 21.5. The molecule has 6 heteroatoms. The lowest BCUT2D eigenvalue weighted by molar-refractivity contribution is -0.115. The zero-order valence-electron chi connectivity index (χ0n) is 15.7. The molecule has 5 nitrogen and oxygen atoms in total. The Balaban J connectivity index is 1.66. The van der Waals surface area contributed by atoms with Crippen LogP contribution >= 0.6 is 11.8 Å². The molecule has 0 saturated heterocycles. The fraction of sp³-hybridized carbons (Fsp3) is 0.136. The van der Waals surface area contributed by atoms with Gasteiger partial charge in [-0.05, 0) is 54.8 Å². The summed E-state index contributed by atoms with van der Waals surface area (Å²) in [7, 11) is 0. The molecule has 2 aromatic carbocycles. The van der Waals surface area contributed by atoms with Crippen molar-refractivity contribution in [1.82, 2.24) is 14.6 Å². The SMILES string of the molecule is Cc1cc(C)cc(NC(=O)[C@H](Sc2nnc3ccccn23)c2ccccc2)c1. The average Bonchev–Trinajstić information content (AvgIpc) is 3.09. The summed E-state index contributed by atoms with van der Waals surface area (Å²) in [6.07, 6.45) is 1.90. The quantitative estimate of drug-likeness (QED) is 0.498. The van der Waals surface area contributed by atoms with Gasteiger partial charge < -0.3 is 5.32 Å². The number of hydrogen-bond donors (Lipinski definition) is 1. The molecule has 0 fully saturated rings. The van der Waals surface area contributed by atoms with E-state index in [1.54, 1.807) is 0 Å². The number of hydrogen-bond acceptors (Lipinski definition) is 4. The number of anilines is 1. The van der Waals surface area contributed by atoms with Crippen molar-refractivity contribution in [3.63, 3.8) is 0 Å². The highest BCUT2D eigenvalue weighted by atomic mass is 32.2. The second-order valence-corrected chi connectivity index (χ2v) is 7.76. The van der Waals surface area contributed by atoms with E-state index in [2.05, 4.69) is 21.6 Å². The van der Waals surface area contributed by atoms with Crippen molar-refractivity contribution in [2.75, 3.05) is 5.32 Å². The summed E-state index contributed by atoms with van der Waals surface area (Å²) < 4.78 is 1.89. The van der Waals surface area contributed by atoms with Crippen LogP contribution in [0, 0.1) is 13.8 Å². The van der Waals surface area contributed by atoms with E-state index in [4.69, 9.17) is 0 Å². The van der Waals surface area contributed by atoms with Gasteiger partial charge in [0.05, 0.1) is 0 Å². The van der Waals surface area contributed by atoms with Gasteiger partial charge >= 0.3 is 0 Å². The van der Waals surface area contributed by atoms with Gasteiger partial charge in [-0.15, -0.1) is 10.2 Å². The van der Waals surface area contributed by atoms with Crippen molar-refractivity contribution in [3.8, 4) is 0 Å². The summed E-state index contributed by atoms with van der Waals surface area (Å²) in [4.78, 5) is 13.2. The minimum absolute atomic E-state index is 0.0890. The highest BCUT2D eigenvalue weighted by Crippen LogP contribution is 2.35. The first kappa shape index (κ1) is 18.3. The standard InChI is InChI=1S/C22H20N4OS/c1-15-12-16(2)14-18(13-15)23-21(27)20(17-8-4-3-5-9-17)28-22-25-24-19-10-6-7-11-26(19)22/h3-14,20H,1-2H3,(H,23,27)/t20-/m1/s1. The van der Waals surface area contributed by atoms with Gasteiger partial charge in [-0.2, -0.15) is 0 Å². The molecular formula is C22H20N4OS. The molecule has 4 rings (SSSR count). The third-order valence-electron chi connectivity index (χ3n) is 4.34. The number of amides is 1. The van der Waals surface area contributed by atoms with E-state index in [0.717, 1.165) is 28.0 Å². The maximum atomic E-state index is 13.2. The molecular weight excluding hydrogens is 368 g/mol. The van der Waals surface area contributed by atoms with Crippen LogP contribution in [0.5, 0.6) is 0 Å². The maximum Gasteiger partial charge on any atom is 0.242 e. The van der Waals surface area contributed by atoms with Crippen molar-refractivity contribution in [2.24, 2.45) is 0 Å². The number of aromatic nitrogens is 3. The second kappa shape index (κ2) is 7.86. The number of rotatable bonds is 5. The fourth-order valence-electron chi connectivity index (χ4n) is 3.16. The van der Waals surface area contributed by atoms with E-state index in [-0.39, 0.29) is 5.91 Å².